The first kappa shape index (κ1) is 14.2. The van der Waals surface area contributed by atoms with E-state index in [0.29, 0.717) is 0 Å². The van der Waals surface area contributed by atoms with Crippen LogP contribution in [-0.4, -0.2) is 16.1 Å². The van der Waals surface area contributed by atoms with Crippen molar-refractivity contribution in [2.45, 2.75) is 40.2 Å². The molecule has 4 heteroatoms. The molecule has 0 saturated heterocycles. The number of benzene rings is 1. The second-order valence-corrected chi connectivity index (χ2v) is 5.56. The largest absolute Gasteiger partial charge is 0.306 e. The molecular weight excluding hydrogens is 254 g/mol. The number of hydrogen-bond acceptors (Lipinski definition) is 4. The molecule has 1 atom stereocenters. The highest BCUT2D eigenvalue weighted by Crippen LogP contribution is 2.28. The zero-order valence-electron chi connectivity index (χ0n) is 12.0. The van der Waals surface area contributed by atoms with Crippen LogP contribution in [0.4, 0.5) is 0 Å². The molecule has 0 saturated carbocycles. The minimum atomic E-state index is 0.208. The van der Waals surface area contributed by atoms with Gasteiger partial charge in [0, 0.05) is 0 Å². The Morgan fingerprint density at radius 2 is 2.00 bits per heavy atom. The summed E-state index contributed by atoms with van der Waals surface area (Å²) in [6, 6.07) is 6.87. The van der Waals surface area contributed by atoms with Gasteiger partial charge >= 0.3 is 0 Å². The lowest BCUT2D eigenvalue weighted by molar-refractivity contribution is 0.632. The van der Waals surface area contributed by atoms with Crippen LogP contribution < -0.4 is 5.32 Å². The standard InChI is InChI=1S/C15H21N3S/c1-5-13-15(19-18-17-13)14(16-6-2)12-8-7-10(3)11(4)9-12/h7-9,14,16H,5-6H2,1-4H3. The summed E-state index contributed by atoms with van der Waals surface area (Å²) < 4.78 is 4.11. The van der Waals surface area contributed by atoms with Crippen LogP contribution in [0.15, 0.2) is 18.2 Å². The van der Waals surface area contributed by atoms with E-state index in [1.165, 1.54) is 33.1 Å². The van der Waals surface area contributed by atoms with Crippen molar-refractivity contribution in [2.75, 3.05) is 6.54 Å². The second-order valence-electron chi connectivity index (χ2n) is 4.77. The van der Waals surface area contributed by atoms with Gasteiger partial charge in [-0.05, 0) is 55.0 Å². The van der Waals surface area contributed by atoms with Crippen LogP contribution in [-0.2, 0) is 6.42 Å². The van der Waals surface area contributed by atoms with Crippen molar-refractivity contribution < 1.29 is 0 Å². The van der Waals surface area contributed by atoms with Gasteiger partial charge in [0.25, 0.3) is 0 Å². The molecule has 2 aromatic rings. The maximum atomic E-state index is 4.23. The molecule has 0 spiro atoms. The monoisotopic (exact) mass is 275 g/mol. The molecule has 0 amide bonds. The lowest BCUT2D eigenvalue weighted by atomic mass is 9.99. The highest BCUT2D eigenvalue weighted by Gasteiger charge is 2.19. The Bertz CT molecular complexity index is 548. The van der Waals surface area contributed by atoms with Crippen molar-refractivity contribution >= 4 is 11.5 Å². The van der Waals surface area contributed by atoms with Gasteiger partial charge in [0.1, 0.15) is 0 Å². The van der Waals surface area contributed by atoms with Crippen LogP contribution in [0.2, 0.25) is 0 Å². The van der Waals surface area contributed by atoms with E-state index in [1.54, 1.807) is 0 Å². The molecule has 1 unspecified atom stereocenters. The van der Waals surface area contributed by atoms with Crippen molar-refractivity contribution in [3.63, 3.8) is 0 Å². The van der Waals surface area contributed by atoms with Gasteiger partial charge in [0.15, 0.2) is 0 Å². The van der Waals surface area contributed by atoms with Crippen molar-refractivity contribution in [1.29, 1.82) is 0 Å². The molecule has 1 N–H and O–H groups in total. The van der Waals surface area contributed by atoms with Crippen LogP contribution in [0.1, 0.15) is 47.2 Å². The minimum Gasteiger partial charge on any atom is -0.306 e. The summed E-state index contributed by atoms with van der Waals surface area (Å²) >= 11 is 1.50. The first-order valence-corrected chi connectivity index (χ1v) is 7.56. The zero-order chi connectivity index (χ0) is 13.8. The SMILES string of the molecule is CCNC(c1ccc(C)c(C)c1)c1snnc1CC. The van der Waals surface area contributed by atoms with E-state index in [2.05, 4.69) is 60.8 Å². The van der Waals surface area contributed by atoms with Crippen molar-refractivity contribution in [1.82, 2.24) is 14.9 Å². The van der Waals surface area contributed by atoms with E-state index in [4.69, 9.17) is 0 Å². The molecule has 0 bridgehead atoms. The number of aryl methyl sites for hydroxylation is 3. The van der Waals surface area contributed by atoms with Gasteiger partial charge in [0.05, 0.1) is 16.6 Å². The summed E-state index contributed by atoms with van der Waals surface area (Å²) in [7, 11) is 0. The third-order valence-electron chi connectivity index (χ3n) is 3.45. The highest BCUT2D eigenvalue weighted by atomic mass is 32.1. The van der Waals surface area contributed by atoms with Crippen molar-refractivity contribution in [2.24, 2.45) is 0 Å². The predicted molar refractivity (Wildman–Crippen MR) is 80.7 cm³/mol. The zero-order valence-corrected chi connectivity index (χ0v) is 12.8. The van der Waals surface area contributed by atoms with Crippen LogP contribution in [0.3, 0.4) is 0 Å². The topological polar surface area (TPSA) is 37.8 Å². The first-order chi connectivity index (χ1) is 9.17. The van der Waals surface area contributed by atoms with Crippen molar-refractivity contribution in [3.05, 3.63) is 45.5 Å². The summed E-state index contributed by atoms with van der Waals surface area (Å²) in [6.45, 7) is 9.50. The fourth-order valence-electron chi connectivity index (χ4n) is 2.19. The Hall–Kier alpha value is -1.26. The number of rotatable bonds is 5. The maximum absolute atomic E-state index is 4.23. The molecule has 0 aliphatic heterocycles. The summed E-state index contributed by atoms with van der Waals surface area (Å²) in [5.41, 5.74) is 5.06. The lowest BCUT2D eigenvalue weighted by Crippen LogP contribution is -2.22. The fourth-order valence-corrected chi connectivity index (χ4v) is 3.03. The highest BCUT2D eigenvalue weighted by molar-refractivity contribution is 7.05. The number of aromatic nitrogens is 2. The molecule has 3 nitrogen and oxygen atoms in total. The molecule has 0 radical (unpaired) electrons. The van der Waals surface area contributed by atoms with Crippen LogP contribution >= 0.6 is 11.5 Å². The number of nitrogens with one attached hydrogen (secondary N) is 1. The number of hydrogen-bond donors (Lipinski definition) is 1. The van der Waals surface area contributed by atoms with Gasteiger partial charge in [-0.3, -0.25) is 0 Å². The van der Waals surface area contributed by atoms with E-state index in [9.17, 15) is 0 Å². The Labute approximate surface area is 119 Å². The fraction of sp³-hybridized carbons (Fsp3) is 0.467. The summed E-state index contributed by atoms with van der Waals surface area (Å²) in [4.78, 5) is 1.24. The van der Waals surface area contributed by atoms with Gasteiger partial charge < -0.3 is 5.32 Å². The third-order valence-corrected chi connectivity index (χ3v) is 4.29. The van der Waals surface area contributed by atoms with E-state index in [1.807, 2.05) is 0 Å². The Kier molecular flexibility index (Phi) is 4.66. The van der Waals surface area contributed by atoms with Gasteiger partial charge in [-0.1, -0.05) is 36.5 Å². The Balaban J connectivity index is 2.42. The maximum Gasteiger partial charge on any atom is 0.0804 e. The second kappa shape index (κ2) is 6.26. The molecule has 19 heavy (non-hydrogen) atoms. The Morgan fingerprint density at radius 3 is 2.63 bits per heavy atom. The summed E-state index contributed by atoms with van der Waals surface area (Å²) in [6.07, 6.45) is 0.929. The molecule has 0 aliphatic rings. The summed E-state index contributed by atoms with van der Waals surface area (Å²) in [5, 5.41) is 7.78. The van der Waals surface area contributed by atoms with Crippen LogP contribution in [0, 0.1) is 13.8 Å². The minimum absolute atomic E-state index is 0.208. The third kappa shape index (κ3) is 3.01. The van der Waals surface area contributed by atoms with Gasteiger partial charge in [-0.15, -0.1) is 5.10 Å². The predicted octanol–water partition coefficient (Wildman–Crippen LogP) is 3.42. The van der Waals surface area contributed by atoms with Gasteiger partial charge in [-0.25, -0.2) is 0 Å². The van der Waals surface area contributed by atoms with Crippen LogP contribution in [0.5, 0.6) is 0 Å². The molecule has 1 heterocycles. The van der Waals surface area contributed by atoms with E-state index >= 15 is 0 Å². The van der Waals surface area contributed by atoms with Crippen LogP contribution in [0.25, 0.3) is 0 Å². The van der Waals surface area contributed by atoms with E-state index in [0.717, 1.165) is 18.7 Å². The average Bonchev–Trinajstić information content (AvgIpc) is 2.87. The molecule has 102 valence electrons. The smallest absolute Gasteiger partial charge is 0.0804 e. The number of nitrogens with zero attached hydrogens (tertiary/aromatic N) is 2. The quantitative estimate of drug-likeness (QED) is 0.908. The lowest BCUT2D eigenvalue weighted by Gasteiger charge is -2.18. The molecule has 2 rings (SSSR count). The van der Waals surface area contributed by atoms with E-state index < -0.39 is 0 Å². The van der Waals surface area contributed by atoms with Gasteiger partial charge in [0.2, 0.25) is 0 Å². The molecule has 1 aromatic heterocycles. The van der Waals surface area contributed by atoms with E-state index in [-0.39, 0.29) is 6.04 Å². The Morgan fingerprint density at radius 1 is 1.21 bits per heavy atom. The van der Waals surface area contributed by atoms with Crippen molar-refractivity contribution in [3.8, 4) is 0 Å². The molecule has 0 aliphatic carbocycles. The summed E-state index contributed by atoms with van der Waals surface area (Å²) in [5.74, 6) is 0. The molecule has 0 fully saturated rings. The molecule has 1 aromatic carbocycles. The average molecular weight is 275 g/mol. The first-order valence-electron chi connectivity index (χ1n) is 6.79. The van der Waals surface area contributed by atoms with Gasteiger partial charge in [-0.2, -0.15) is 0 Å². The normalized spacial score (nSPS) is 12.6. The molecular formula is C15H21N3S.